The van der Waals surface area contributed by atoms with Gasteiger partial charge in [-0.25, -0.2) is 0 Å². The Morgan fingerprint density at radius 1 is 1.14 bits per heavy atom. The molecule has 14 heavy (non-hydrogen) atoms. The summed E-state index contributed by atoms with van der Waals surface area (Å²) in [5.74, 6) is 0.0926. The molecule has 0 amide bonds. The number of nitrogens with zero attached hydrogens (tertiary/aromatic N) is 1. The van der Waals surface area contributed by atoms with Crippen LogP contribution in [0.3, 0.4) is 0 Å². The SMILES string of the molecule is CN(C)C(=N)N.O=S(O)O.O=S(O)O. The molecule has 0 rings (SSSR count). The van der Waals surface area contributed by atoms with E-state index in [0.717, 1.165) is 0 Å². The normalized spacial score (nSPS) is 8.29. The molecule has 9 nitrogen and oxygen atoms in total. The molecular formula is C3H13N3O6S2. The zero-order valence-corrected chi connectivity index (χ0v) is 9.08. The first-order chi connectivity index (χ1) is 6.11. The lowest BCUT2D eigenvalue weighted by Gasteiger charge is -2.05. The van der Waals surface area contributed by atoms with Crippen LogP contribution in [0.5, 0.6) is 0 Å². The molecule has 11 heteroatoms. The number of hydrogen-bond donors (Lipinski definition) is 6. The maximum Gasteiger partial charge on any atom is 0.299 e. The Hall–Kier alpha value is -0.590. The van der Waals surface area contributed by atoms with Crippen LogP contribution in [0.15, 0.2) is 0 Å². The van der Waals surface area contributed by atoms with Gasteiger partial charge in [0.1, 0.15) is 0 Å². The molecule has 0 fully saturated rings. The zero-order valence-electron chi connectivity index (χ0n) is 7.45. The van der Waals surface area contributed by atoms with Crippen molar-refractivity contribution in [1.29, 1.82) is 5.41 Å². The summed E-state index contributed by atoms with van der Waals surface area (Å²) >= 11 is -5.22. The quantitative estimate of drug-likeness (QED) is 0.177. The minimum Gasteiger partial charge on any atom is -0.370 e. The van der Waals surface area contributed by atoms with E-state index in [-0.39, 0.29) is 5.96 Å². The molecular weight excluding hydrogens is 238 g/mol. The highest BCUT2D eigenvalue weighted by molar-refractivity contribution is 7.73. The highest BCUT2D eigenvalue weighted by Gasteiger charge is 1.82. The third-order valence-electron chi connectivity index (χ3n) is 0.482. The van der Waals surface area contributed by atoms with Crippen LogP contribution in [0.1, 0.15) is 0 Å². The Balaban J connectivity index is -0.000000135. The van der Waals surface area contributed by atoms with Gasteiger partial charge in [0.05, 0.1) is 0 Å². The lowest BCUT2D eigenvalue weighted by molar-refractivity contribution is 0.452. The summed E-state index contributed by atoms with van der Waals surface area (Å²) in [5, 5.41) is 6.65. The van der Waals surface area contributed by atoms with Gasteiger partial charge in [-0.1, -0.05) is 0 Å². The van der Waals surface area contributed by atoms with E-state index in [2.05, 4.69) is 0 Å². The van der Waals surface area contributed by atoms with E-state index in [9.17, 15) is 0 Å². The van der Waals surface area contributed by atoms with Gasteiger partial charge in [0, 0.05) is 14.1 Å². The van der Waals surface area contributed by atoms with Crippen LogP contribution >= 0.6 is 0 Å². The fourth-order valence-electron chi connectivity index (χ4n) is 0. The first-order valence-electron chi connectivity index (χ1n) is 2.72. The van der Waals surface area contributed by atoms with E-state index in [1.807, 2.05) is 0 Å². The van der Waals surface area contributed by atoms with Gasteiger partial charge in [-0.15, -0.1) is 0 Å². The molecule has 88 valence electrons. The monoisotopic (exact) mass is 251 g/mol. The van der Waals surface area contributed by atoms with E-state index in [4.69, 9.17) is 37.8 Å². The van der Waals surface area contributed by atoms with E-state index in [1.165, 1.54) is 4.90 Å². The van der Waals surface area contributed by atoms with Gasteiger partial charge in [-0.05, 0) is 0 Å². The lowest BCUT2D eigenvalue weighted by Crippen LogP contribution is -2.28. The van der Waals surface area contributed by atoms with Crippen LogP contribution in [0.2, 0.25) is 0 Å². The molecule has 0 aromatic rings. The molecule has 0 aliphatic heterocycles. The average Bonchev–Trinajstić information content (AvgIpc) is 1.83. The Labute approximate surface area is 86.0 Å². The maximum absolute atomic E-state index is 8.67. The van der Waals surface area contributed by atoms with Crippen LogP contribution in [-0.2, 0) is 22.7 Å². The van der Waals surface area contributed by atoms with Gasteiger partial charge in [-0.2, -0.15) is 8.42 Å². The number of rotatable bonds is 0. The minimum atomic E-state index is -2.61. The van der Waals surface area contributed by atoms with Crippen molar-refractivity contribution in [1.82, 2.24) is 4.90 Å². The Morgan fingerprint density at radius 3 is 1.21 bits per heavy atom. The molecule has 0 heterocycles. The summed E-state index contributed by atoms with van der Waals surface area (Å²) in [6.07, 6.45) is 0. The van der Waals surface area contributed by atoms with Gasteiger partial charge < -0.3 is 10.6 Å². The van der Waals surface area contributed by atoms with Crippen molar-refractivity contribution in [2.75, 3.05) is 14.1 Å². The average molecular weight is 251 g/mol. The van der Waals surface area contributed by atoms with Crippen LogP contribution in [-0.4, -0.2) is 51.6 Å². The standard InChI is InChI=1S/C3H9N3.2H2O3S/c1-6(2)3(4)5;2*1-4(2)3/h1-2H3,(H3,4,5);2*(H2,1,2,3). The van der Waals surface area contributed by atoms with Gasteiger partial charge >= 0.3 is 0 Å². The maximum atomic E-state index is 8.67. The first kappa shape index (κ1) is 19.1. The number of hydrogen-bond acceptors (Lipinski definition) is 3. The molecule has 0 atom stereocenters. The Kier molecular flexibility index (Phi) is 16.9. The Bertz CT molecular complexity index is 177. The second-order valence-corrected chi connectivity index (χ2v) is 2.66. The smallest absolute Gasteiger partial charge is 0.299 e. The van der Waals surface area contributed by atoms with Crippen molar-refractivity contribution in [3.63, 3.8) is 0 Å². The minimum absolute atomic E-state index is 0.0926. The van der Waals surface area contributed by atoms with Crippen LogP contribution < -0.4 is 5.73 Å². The molecule has 0 aromatic carbocycles. The number of nitrogens with one attached hydrogen (secondary N) is 1. The summed E-state index contributed by atoms with van der Waals surface area (Å²) in [7, 11) is 3.45. The van der Waals surface area contributed by atoms with Gasteiger partial charge in [0.2, 0.25) is 0 Å². The van der Waals surface area contributed by atoms with E-state index in [1.54, 1.807) is 14.1 Å². The van der Waals surface area contributed by atoms with Crippen molar-refractivity contribution in [2.45, 2.75) is 0 Å². The summed E-state index contributed by atoms with van der Waals surface area (Å²) in [6.45, 7) is 0. The molecule has 0 aromatic heterocycles. The summed E-state index contributed by atoms with van der Waals surface area (Å²) in [5.41, 5.74) is 4.94. The molecule has 0 saturated carbocycles. The molecule has 0 spiro atoms. The summed E-state index contributed by atoms with van der Waals surface area (Å²) < 4.78 is 45.7. The second-order valence-electron chi connectivity index (χ2n) is 1.74. The highest BCUT2D eigenvalue weighted by atomic mass is 32.2. The molecule has 0 aliphatic carbocycles. The topological polar surface area (TPSA) is 168 Å². The van der Waals surface area contributed by atoms with Crippen molar-refractivity contribution in [3.8, 4) is 0 Å². The zero-order chi connectivity index (χ0) is 12.3. The van der Waals surface area contributed by atoms with Crippen LogP contribution in [0.4, 0.5) is 0 Å². The predicted molar refractivity (Wildman–Crippen MR) is 52.4 cm³/mol. The van der Waals surface area contributed by atoms with Crippen molar-refractivity contribution in [2.24, 2.45) is 5.73 Å². The highest BCUT2D eigenvalue weighted by Crippen LogP contribution is 1.62. The largest absolute Gasteiger partial charge is 0.370 e. The van der Waals surface area contributed by atoms with Crippen LogP contribution in [0.25, 0.3) is 0 Å². The number of guanidine groups is 1. The Morgan fingerprint density at radius 2 is 1.21 bits per heavy atom. The van der Waals surface area contributed by atoms with E-state index >= 15 is 0 Å². The summed E-state index contributed by atoms with van der Waals surface area (Å²) in [4.78, 5) is 1.53. The fourth-order valence-corrected chi connectivity index (χ4v) is 0. The molecule has 0 unspecified atom stereocenters. The van der Waals surface area contributed by atoms with Crippen molar-refractivity contribution < 1.29 is 26.6 Å². The third kappa shape index (κ3) is 106. The van der Waals surface area contributed by atoms with Crippen LogP contribution in [0, 0.1) is 5.41 Å². The van der Waals surface area contributed by atoms with Crippen molar-refractivity contribution >= 4 is 28.7 Å². The predicted octanol–water partition coefficient (Wildman–Crippen LogP) is -1.20. The van der Waals surface area contributed by atoms with Gasteiger partial charge in [0.15, 0.2) is 5.96 Å². The van der Waals surface area contributed by atoms with E-state index in [0.29, 0.717) is 0 Å². The van der Waals surface area contributed by atoms with E-state index < -0.39 is 22.7 Å². The number of nitrogens with two attached hydrogens (primary N) is 1. The molecule has 0 radical (unpaired) electrons. The molecule has 0 saturated heterocycles. The third-order valence-corrected chi connectivity index (χ3v) is 0.482. The molecule has 0 bridgehead atoms. The lowest BCUT2D eigenvalue weighted by atomic mass is 10.8. The van der Waals surface area contributed by atoms with Crippen molar-refractivity contribution in [3.05, 3.63) is 0 Å². The van der Waals surface area contributed by atoms with Gasteiger partial charge in [-0.3, -0.25) is 23.6 Å². The fraction of sp³-hybridized carbons (Fsp3) is 0.667. The molecule has 7 N–H and O–H groups in total. The van der Waals surface area contributed by atoms with Gasteiger partial charge in [0.25, 0.3) is 22.7 Å². The molecule has 0 aliphatic rings. The first-order valence-corrected chi connectivity index (χ1v) is 4.85. The second kappa shape index (κ2) is 12.4. The summed E-state index contributed by atoms with van der Waals surface area (Å²) in [6, 6.07) is 0.